The Hall–Kier alpha value is -1.59. The monoisotopic (exact) mass is 252 g/mol. The van der Waals surface area contributed by atoms with Gasteiger partial charge in [0.1, 0.15) is 0 Å². The number of nitrogen functional groups attached to an aromatic ring is 1. The minimum absolute atomic E-state index is 0.174. The molecule has 0 aliphatic carbocycles. The fraction of sp³-hybridized carbons (Fsp3) is 0.462. The van der Waals surface area contributed by atoms with Gasteiger partial charge < -0.3 is 20.5 Å². The number of carbonyl (C=O) groups excluding carboxylic acids is 1. The van der Waals surface area contributed by atoms with Gasteiger partial charge in [0.25, 0.3) is 5.91 Å². The largest absolute Gasteiger partial charge is 0.398 e. The molecule has 0 saturated carbocycles. The zero-order valence-electron chi connectivity index (χ0n) is 10.9. The maximum Gasteiger partial charge on any atom is 0.253 e. The van der Waals surface area contributed by atoms with Gasteiger partial charge in [-0.15, -0.1) is 0 Å². The van der Waals surface area contributed by atoms with E-state index in [4.69, 9.17) is 15.2 Å². The van der Waals surface area contributed by atoms with E-state index in [-0.39, 0.29) is 5.91 Å². The Morgan fingerprint density at radius 2 is 2.11 bits per heavy atom. The number of rotatable bonds is 7. The lowest BCUT2D eigenvalue weighted by molar-refractivity contribution is 0.0693. The van der Waals surface area contributed by atoms with Crippen LogP contribution >= 0.6 is 0 Å². The van der Waals surface area contributed by atoms with Gasteiger partial charge in [0.15, 0.2) is 0 Å². The molecule has 1 aromatic carbocycles. The summed E-state index contributed by atoms with van der Waals surface area (Å²) in [6, 6.07) is 5.38. The van der Waals surface area contributed by atoms with Gasteiger partial charge in [-0.05, 0) is 19.1 Å². The number of anilines is 1. The van der Waals surface area contributed by atoms with Crippen molar-refractivity contribution < 1.29 is 14.3 Å². The predicted octanol–water partition coefficient (Wildman–Crippen LogP) is 0.970. The highest BCUT2D eigenvalue weighted by Crippen LogP contribution is 2.13. The van der Waals surface area contributed by atoms with E-state index < -0.39 is 0 Å². The van der Waals surface area contributed by atoms with Crippen LogP contribution in [0.2, 0.25) is 0 Å². The zero-order chi connectivity index (χ0) is 13.4. The van der Waals surface area contributed by atoms with Crippen molar-refractivity contribution in [2.75, 3.05) is 39.2 Å². The molecule has 0 saturated heterocycles. The Bertz CT molecular complexity index is 394. The summed E-state index contributed by atoms with van der Waals surface area (Å²) in [7, 11) is 1.62. The van der Waals surface area contributed by atoms with E-state index in [1.165, 1.54) is 0 Å². The Morgan fingerprint density at radius 1 is 1.33 bits per heavy atom. The van der Waals surface area contributed by atoms with E-state index in [9.17, 15) is 4.79 Å². The fourth-order valence-electron chi connectivity index (χ4n) is 1.44. The number of amides is 1. The molecule has 0 fully saturated rings. The number of carbonyl (C=O) groups is 1. The molecule has 0 aromatic heterocycles. The molecule has 0 atom stereocenters. The molecular formula is C13H20N2O3. The minimum atomic E-state index is -0.174. The van der Waals surface area contributed by atoms with Crippen molar-refractivity contribution in [3.05, 3.63) is 29.3 Å². The molecule has 0 spiro atoms. The maximum atomic E-state index is 11.8. The quantitative estimate of drug-likeness (QED) is 0.560. The highest BCUT2D eigenvalue weighted by Gasteiger charge is 2.08. The maximum absolute atomic E-state index is 11.8. The van der Waals surface area contributed by atoms with Gasteiger partial charge in [0, 0.05) is 19.3 Å². The summed E-state index contributed by atoms with van der Waals surface area (Å²) in [5, 5.41) is 2.76. The molecule has 5 nitrogen and oxygen atoms in total. The van der Waals surface area contributed by atoms with Crippen LogP contribution in [0, 0.1) is 6.92 Å². The van der Waals surface area contributed by atoms with E-state index >= 15 is 0 Å². The van der Waals surface area contributed by atoms with E-state index in [0.717, 1.165) is 5.56 Å². The van der Waals surface area contributed by atoms with Gasteiger partial charge in [-0.3, -0.25) is 4.79 Å². The third-order valence-electron chi connectivity index (χ3n) is 2.42. The van der Waals surface area contributed by atoms with Crippen LogP contribution in [0.4, 0.5) is 5.69 Å². The van der Waals surface area contributed by atoms with Gasteiger partial charge in [-0.2, -0.15) is 0 Å². The lowest BCUT2D eigenvalue weighted by Gasteiger charge is -2.08. The lowest BCUT2D eigenvalue weighted by atomic mass is 10.1. The summed E-state index contributed by atoms with van der Waals surface area (Å²) >= 11 is 0. The number of aryl methyl sites for hydroxylation is 1. The fourth-order valence-corrected chi connectivity index (χ4v) is 1.44. The number of methoxy groups -OCH3 is 1. The standard InChI is InChI=1S/C13H20N2O3/c1-10-3-4-12(14)11(9-10)13(16)15-5-6-18-8-7-17-2/h3-4,9H,5-8,14H2,1-2H3,(H,15,16). The van der Waals surface area contributed by atoms with Gasteiger partial charge >= 0.3 is 0 Å². The molecule has 0 bridgehead atoms. The van der Waals surface area contributed by atoms with Gasteiger partial charge in [0.05, 0.1) is 25.4 Å². The normalized spacial score (nSPS) is 10.3. The van der Waals surface area contributed by atoms with Crippen LogP contribution in [0.25, 0.3) is 0 Å². The van der Waals surface area contributed by atoms with Crippen LogP contribution < -0.4 is 11.1 Å². The van der Waals surface area contributed by atoms with Crippen molar-refractivity contribution >= 4 is 11.6 Å². The van der Waals surface area contributed by atoms with Crippen LogP contribution in [0.1, 0.15) is 15.9 Å². The van der Waals surface area contributed by atoms with Crippen molar-refractivity contribution in [3.8, 4) is 0 Å². The van der Waals surface area contributed by atoms with Crippen LogP contribution in [0.3, 0.4) is 0 Å². The number of hydrogen-bond donors (Lipinski definition) is 2. The number of ether oxygens (including phenoxy) is 2. The third-order valence-corrected chi connectivity index (χ3v) is 2.42. The average Bonchev–Trinajstić information content (AvgIpc) is 2.36. The first-order valence-corrected chi connectivity index (χ1v) is 5.86. The molecular weight excluding hydrogens is 232 g/mol. The second-order valence-electron chi connectivity index (χ2n) is 3.95. The van der Waals surface area contributed by atoms with E-state index in [1.54, 1.807) is 19.2 Å². The molecule has 0 unspecified atom stereocenters. The molecule has 0 aliphatic rings. The molecule has 0 heterocycles. The van der Waals surface area contributed by atoms with Gasteiger partial charge in [-0.1, -0.05) is 11.6 Å². The first-order valence-electron chi connectivity index (χ1n) is 5.86. The van der Waals surface area contributed by atoms with Crippen LogP contribution in [-0.2, 0) is 9.47 Å². The van der Waals surface area contributed by atoms with Crippen molar-refractivity contribution in [1.82, 2.24) is 5.32 Å². The number of nitrogens with one attached hydrogen (secondary N) is 1. The smallest absolute Gasteiger partial charge is 0.253 e. The van der Waals surface area contributed by atoms with Gasteiger partial charge in [0.2, 0.25) is 0 Å². The Kier molecular flexibility index (Phi) is 6.18. The summed E-state index contributed by atoms with van der Waals surface area (Å²) in [6.07, 6.45) is 0. The SMILES string of the molecule is COCCOCCNC(=O)c1cc(C)ccc1N. The average molecular weight is 252 g/mol. The second kappa shape index (κ2) is 7.68. The molecule has 1 aromatic rings. The topological polar surface area (TPSA) is 73.6 Å². The van der Waals surface area contributed by atoms with Crippen molar-refractivity contribution in [1.29, 1.82) is 0 Å². The molecule has 0 aliphatic heterocycles. The zero-order valence-corrected chi connectivity index (χ0v) is 10.9. The van der Waals surface area contributed by atoms with Crippen molar-refractivity contribution in [2.45, 2.75) is 6.92 Å². The minimum Gasteiger partial charge on any atom is -0.398 e. The Morgan fingerprint density at radius 3 is 2.83 bits per heavy atom. The van der Waals surface area contributed by atoms with Crippen LogP contribution in [-0.4, -0.2) is 39.4 Å². The summed E-state index contributed by atoms with van der Waals surface area (Å²) in [5.41, 5.74) is 7.75. The summed E-state index contributed by atoms with van der Waals surface area (Å²) in [4.78, 5) is 11.8. The summed E-state index contributed by atoms with van der Waals surface area (Å²) < 4.78 is 10.1. The summed E-state index contributed by atoms with van der Waals surface area (Å²) in [6.45, 7) is 3.92. The summed E-state index contributed by atoms with van der Waals surface area (Å²) in [5.74, 6) is -0.174. The lowest BCUT2D eigenvalue weighted by Crippen LogP contribution is -2.28. The Labute approximate surface area is 107 Å². The van der Waals surface area contributed by atoms with Crippen molar-refractivity contribution in [3.63, 3.8) is 0 Å². The Balaban J connectivity index is 2.34. The van der Waals surface area contributed by atoms with E-state index in [1.807, 2.05) is 13.0 Å². The number of nitrogens with two attached hydrogens (primary N) is 1. The van der Waals surface area contributed by atoms with Crippen LogP contribution in [0.15, 0.2) is 18.2 Å². The number of benzene rings is 1. The highest BCUT2D eigenvalue weighted by molar-refractivity contribution is 5.99. The highest BCUT2D eigenvalue weighted by atomic mass is 16.5. The first kappa shape index (κ1) is 14.5. The second-order valence-corrected chi connectivity index (χ2v) is 3.95. The molecule has 100 valence electrons. The predicted molar refractivity (Wildman–Crippen MR) is 70.6 cm³/mol. The number of hydrogen-bond acceptors (Lipinski definition) is 4. The molecule has 18 heavy (non-hydrogen) atoms. The van der Waals surface area contributed by atoms with E-state index in [0.29, 0.717) is 37.6 Å². The third kappa shape index (κ3) is 4.73. The molecule has 0 radical (unpaired) electrons. The molecule has 1 rings (SSSR count). The molecule has 1 amide bonds. The van der Waals surface area contributed by atoms with Crippen molar-refractivity contribution in [2.24, 2.45) is 0 Å². The van der Waals surface area contributed by atoms with Crippen LogP contribution in [0.5, 0.6) is 0 Å². The molecule has 5 heteroatoms. The first-order chi connectivity index (χ1) is 8.65. The molecule has 3 N–H and O–H groups in total. The van der Waals surface area contributed by atoms with E-state index in [2.05, 4.69) is 5.32 Å². The van der Waals surface area contributed by atoms with Gasteiger partial charge in [-0.25, -0.2) is 0 Å².